The number of alkyl halides is 1. The molecular formula is C14H18Br2INO. The van der Waals surface area contributed by atoms with Crippen molar-refractivity contribution in [2.45, 2.75) is 26.7 Å². The number of hydrogen-bond acceptors (Lipinski definition) is 1. The highest BCUT2D eigenvalue weighted by Gasteiger charge is 2.19. The van der Waals surface area contributed by atoms with E-state index in [4.69, 9.17) is 0 Å². The Hall–Kier alpha value is 0.380. The highest BCUT2D eigenvalue weighted by Crippen LogP contribution is 2.23. The number of nitrogens with one attached hydrogen (secondary N) is 1. The van der Waals surface area contributed by atoms with Gasteiger partial charge in [0, 0.05) is 19.9 Å². The highest BCUT2D eigenvalue weighted by atomic mass is 127. The first-order chi connectivity index (χ1) is 8.85. The van der Waals surface area contributed by atoms with Crippen LogP contribution in [0.4, 0.5) is 0 Å². The van der Waals surface area contributed by atoms with Crippen molar-refractivity contribution >= 4 is 60.4 Å². The molecule has 1 amide bonds. The largest absolute Gasteiger partial charge is 0.351 e. The first-order valence-corrected chi connectivity index (χ1v) is 9.14. The summed E-state index contributed by atoms with van der Waals surface area (Å²) in [6.45, 7) is 5.06. The first kappa shape index (κ1) is 17.4. The third-order valence-electron chi connectivity index (χ3n) is 2.89. The molecule has 1 rings (SSSR count). The van der Waals surface area contributed by atoms with E-state index in [1.165, 1.54) is 0 Å². The zero-order valence-electron chi connectivity index (χ0n) is 11.1. The third kappa shape index (κ3) is 6.12. The Kier molecular flexibility index (Phi) is 7.32. The van der Waals surface area contributed by atoms with Crippen molar-refractivity contribution in [1.29, 1.82) is 0 Å². The van der Waals surface area contributed by atoms with E-state index in [-0.39, 0.29) is 11.3 Å². The van der Waals surface area contributed by atoms with Crippen LogP contribution >= 0.6 is 54.5 Å². The van der Waals surface area contributed by atoms with E-state index in [9.17, 15) is 4.79 Å². The molecule has 0 saturated heterocycles. The van der Waals surface area contributed by atoms with Crippen LogP contribution in [-0.2, 0) is 0 Å². The lowest BCUT2D eigenvalue weighted by atomic mass is 9.88. The maximum absolute atomic E-state index is 12.2. The predicted molar refractivity (Wildman–Crippen MR) is 96.0 cm³/mol. The van der Waals surface area contributed by atoms with Crippen LogP contribution in [-0.4, -0.2) is 17.8 Å². The second kappa shape index (κ2) is 7.98. The van der Waals surface area contributed by atoms with Crippen LogP contribution < -0.4 is 5.32 Å². The summed E-state index contributed by atoms with van der Waals surface area (Å²) in [4.78, 5) is 12.2. The Morgan fingerprint density at radius 1 is 1.42 bits per heavy atom. The topological polar surface area (TPSA) is 29.1 Å². The summed E-state index contributed by atoms with van der Waals surface area (Å²) in [5, 5.41) is 4.04. The molecule has 0 radical (unpaired) electrons. The number of amides is 1. The Bertz CT molecular complexity index is 449. The van der Waals surface area contributed by atoms with E-state index in [0.29, 0.717) is 6.54 Å². The van der Waals surface area contributed by atoms with Crippen molar-refractivity contribution in [2.24, 2.45) is 5.41 Å². The summed E-state index contributed by atoms with van der Waals surface area (Å²) in [5.41, 5.74) is 0.854. The number of benzene rings is 1. The van der Waals surface area contributed by atoms with Gasteiger partial charge in [-0.2, -0.15) is 0 Å². The van der Waals surface area contributed by atoms with Gasteiger partial charge in [-0.15, -0.1) is 0 Å². The lowest BCUT2D eigenvalue weighted by molar-refractivity contribution is 0.0933. The monoisotopic (exact) mass is 501 g/mol. The lowest BCUT2D eigenvalue weighted by Gasteiger charge is -2.24. The average molecular weight is 503 g/mol. The molecule has 0 aliphatic carbocycles. The van der Waals surface area contributed by atoms with E-state index in [1.54, 1.807) is 0 Å². The molecule has 0 unspecified atom stereocenters. The molecule has 0 heterocycles. The van der Waals surface area contributed by atoms with Gasteiger partial charge in [-0.1, -0.05) is 45.7 Å². The Balaban J connectivity index is 2.62. The molecule has 0 aromatic heterocycles. The molecule has 0 fully saturated rings. The van der Waals surface area contributed by atoms with Gasteiger partial charge in [-0.25, -0.2) is 0 Å². The molecule has 0 spiro atoms. The maximum atomic E-state index is 12.2. The average Bonchev–Trinajstić information content (AvgIpc) is 2.36. The van der Waals surface area contributed by atoms with Gasteiger partial charge in [0.25, 0.3) is 5.91 Å². The molecular weight excluding hydrogens is 485 g/mol. The van der Waals surface area contributed by atoms with Gasteiger partial charge < -0.3 is 5.32 Å². The fourth-order valence-corrected chi connectivity index (χ4v) is 2.94. The fourth-order valence-electron chi connectivity index (χ4n) is 1.72. The molecule has 2 nitrogen and oxygen atoms in total. The van der Waals surface area contributed by atoms with E-state index in [0.717, 1.165) is 31.8 Å². The van der Waals surface area contributed by atoms with Crippen molar-refractivity contribution < 1.29 is 4.79 Å². The van der Waals surface area contributed by atoms with Crippen molar-refractivity contribution in [1.82, 2.24) is 5.32 Å². The number of halogens is 3. The minimum Gasteiger partial charge on any atom is -0.351 e. The molecule has 5 heteroatoms. The summed E-state index contributed by atoms with van der Waals surface area (Å²) < 4.78 is 1.90. The second-order valence-electron chi connectivity index (χ2n) is 5.26. The van der Waals surface area contributed by atoms with Gasteiger partial charge in [0.1, 0.15) is 0 Å². The van der Waals surface area contributed by atoms with E-state index in [2.05, 4.69) is 73.6 Å². The predicted octanol–water partition coefficient (Wildman–Crippen LogP) is 4.98. The molecule has 1 N–H and O–H groups in total. The minimum atomic E-state index is -0.00221. The second-order valence-corrected chi connectivity index (χ2v) is 8.13. The minimum absolute atomic E-state index is 0.00221. The normalized spacial score (nSPS) is 11.4. The number of rotatable bonds is 6. The molecule has 0 saturated carbocycles. The maximum Gasteiger partial charge on any atom is 0.252 e. The smallest absolute Gasteiger partial charge is 0.252 e. The van der Waals surface area contributed by atoms with Crippen LogP contribution in [0.3, 0.4) is 0 Å². The first-order valence-electron chi connectivity index (χ1n) is 6.15. The molecule has 106 valence electrons. The van der Waals surface area contributed by atoms with Gasteiger partial charge in [-0.3, -0.25) is 4.79 Å². The summed E-state index contributed by atoms with van der Waals surface area (Å²) in [6.07, 6.45) is 2.21. The van der Waals surface area contributed by atoms with Crippen LogP contribution in [0.1, 0.15) is 37.0 Å². The molecule has 1 aromatic carbocycles. The molecule has 1 aromatic rings. The van der Waals surface area contributed by atoms with Gasteiger partial charge in [-0.05, 0) is 59.0 Å². The van der Waals surface area contributed by atoms with E-state index in [1.807, 2.05) is 18.2 Å². The number of carbonyl (C=O) groups is 1. The van der Waals surface area contributed by atoms with Gasteiger partial charge in [0.2, 0.25) is 0 Å². The molecule has 0 aliphatic rings. The van der Waals surface area contributed by atoms with Gasteiger partial charge in [0.05, 0.1) is 5.56 Å². The third-order valence-corrected chi connectivity index (χ3v) is 4.88. The quantitative estimate of drug-likeness (QED) is 0.431. The van der Waals surface area contributed by atoms with Crippen molar-refractivity contribution in [3.05, 3.63) is 31.8 Å². The van der Waals surface area contributed by atoms with Crippen molar-refractivity contribution in [3.63, 3.8) is 0 Å². The van der Waals surface area contributed by atoms with E-state index >= 15 is 0 Å². The zero-order valence-corrected chi connectivity index (χ0v) is 16.4. The summed E-state index contributed by atoms with van der Waals surface area (Å²) >= 11 is 9.03. The van der Waals surface area contributed by atoms with Crippen LogP contribution in [0.5, 0.6) is 0 Å². The van der Waals surface area contributed by atoms with E-state index < -0.39 is 0 Å². The van der Waals surface area contributed by atoms with Crippen molar-refractivity contribution in [3.8, 4) is 0 Å². The summed E-state index contributed by atoms with van der Waals surface area (Å²) in [6, 6.07) is 5.75. The molecule has 0 bridgehead atoms. The standard InChI is InChI=1S/C14H18Br2INO/c1-14(2,6-3-7-15)9-18-13(19)11-8-10(16)4-5-12(11)17/h4-5,8H,3,6-7,9H2,1-2H3,(H,18,19). The number of hydrogen-bond donors (Lipinski definition) is 1. The van der Waals surface area contributed by atoms with Crippen LogP contribution in [0, 0.1) is 8.99 Å². The van der Waals surface area contributed by atoms with Gasteiger partial charge >= 0.3 is 0 Å². The molecule has 0 aliphatic heterocycles. The summed E-state index contributed by atoms with van der Waals surface area (Å²) in [7, 11) is 0. The fraction of sp³-hybridized carbons (Fsp3) is 0.500. The molecule has 0 atom stereocenters. The summed E-state index contributed by atoms with van der Waals surface area (Å²) in [5.74, 6) is -0.00221. The van der Waals surface area contributed by atoms with Crippen LogP contribution in [0.25, 0.3) is 0 Å². The lowest BCUT2D eigenvalue weighted by Crippen LogP contribution is -2.34. The van der Waals surface area contributed by atoms with Crippen LogP contribution in [0.15, 0.2) is 22.7 Å². The Morgan fingerprint density at radius 3 is 2.74 bits per heavy atom. The Morgan fingerprint density at radius 2 is 2.11 bits per heavy atom. The molecule has 19 heavy (non-hydrogen) atoms. The number of carbonyl (C=O) groups excluding carboxylic acids is 1. The van der Waals surface area contributed by atoms with Crippen LogP contribution in [0.2, 0.25) is 0 Å². The van der Waals surface area contributed by atoms with Gasteiger partial charge in [0.15, 0.2) is 0 Å². The highest BCUT2D eigenvalue weighted by molar-refractivity contribution is 14.1. The zero-order chi connectivity index (χ0) is 14.5. The Labute approximate surface area is 145 Å². The van der Waals surface area contributed by atoms with Crippen molar-refractivity contribution in [2.75, 3.05) is 11.9 Å². The SMILES string of the molecule is CC(C)(CCCBr)CNC(=O)c1cc(Br)ccc1I.